The number of hydrogen-bond donors (Lipinski definition) is 0. The lowest BCUT2D eigenvalue weighted by atomic mass is 10.0. The Kier molecular flexibility index (Phi) is 5.71. The van der Waals surface area contributed by atoms with Crippen LogP contribution in [0.1, 0.15) is 52.5 Å². The zero-order valence-electron chi connectivity index (χ0n) is 15.6. The highest BCUT2D eigenvalue weighted by Crippen LogP contribution is 2.28. The largest absolute Gasteiger partial charge is 0.342 e. The molecular formula is C22H26N2O2. The number of benzene rings is 2. The van der Waals surface area contributed by atoms with E-state index in [1.807, 2.05) is 30.1 Å². The third kappa shape index (κ3) is 3.79. The highest BCUT2D eigenvalue weighted by atomic mass is 16.2. The van der Waals surface area contributed by atoms with Crippen molar-refractivity contribution in [3.05, 3.63) is 65.2 Å². The summed E-state index contributed by atoms with van der Waals surface area (Å²) in [7, 11) is 1.81. The van der Waals surface area contributed by atoms with E-state index in [1.54, 1.807) is 29.2 Å². The number of aryl methyl sites for hydroxylation is 1. The van der Waals surface area contributed by atoms with Gasteiger partial charge in [0.15, 0.2) is 0 Å². The zero-order valence-corrected chi connectivity index (χ0v) is 15.6. The Hall–Kier alpha value is -2.62. The third-order valence-electron chi connectivity index (χ3n) is 4.91. The number of carbonyl (C=O) groups excluding carboxylic acids is 2. The molecule has 2 aromatic rings. The molecule has 4 nitrogen and oxygen atoms in total. The van der Waals surface area contributed by atoms with Gasteiger partial charge in [-0.05, 0) is 49.1 Å². The molecule has 4 heteroatoms. The molecule has 2 aromatic carbocycles. The summed E-state index contributed by atoms with van der Waals surface area (Å²) in [5, 5.41) is 0. The summed E-state index contributed by atoms with van der Waals surface area (Å²) in [5.41, 5.74) is 3.33. The fourth-order valence-corrected chi connectivity index (χ4v) is 3.40. The summed E-state index contributed by atoms with van der Waals surface area (Å²) < 4.78 is 0. The van der Waals surface area contributed by atoms with E-state index in [2.05, 4.69) is 13.0 Å². The van der Waals surface area contributed by atoms with Crippen molar-refractivity contribution in [2.45, 2.75) is 32.6 Å². The van der Waals surface area contributed by atoms with Crippen molar-refractivity contribution in [2.75, 3.05) is 25.0 Å². The number of fused-ring (bicyclic) bond motifs is 1. The lowest BCUT2D eigenvalue weighted by Gasteiger charge is -2.29. The van der Waals surface area contributed by atoms with E-state index in [0.717, 1.165) is 37.9 Å². The number of unbranched alkanes of at least 4 members (excludes halogenated alkanes) is 1. The topological polar surface area (TPSA) is 40.6 Å². The minimum absolute atomic E-state index is 0.0351. The lowest BCUT2D eigenvalue weighted by Crippen LogP contribution is -2.35. The average molecular weight is 350 g/mol. The van der Waals surface area contributed by atoms with Gasteiger partial charge >= 0.3 is 0 Å². The van der Waals surface area contributed by atoms with Gasteiger partial charge in [0, 0.05) is 37.0 Å². The Morgan fingerprint density at radius 1 is 1.08 bits per heavy atom. The predicted octanol–water partition coefficient (Wildman–Crippen LogP) is 4.15. The maximum atomic E-state index is 13.1. The van der Waals surface area contributed by atoms with E-state index in [-0.39, 0.29) is 11.8 Å². The van der Waals surface area contributed by atoms with Crippen LogP contribution in [0.15, 0.2) is 48.5 Å². The Labute approximate surface area is 155 Å². The first-order chi connectivity index (χ1) is 12.6. The molecule has 0 saturated heterocycles. The number of hydrogen-bond acceptors (Lipinski definition) is 2. The van der Waals surface area contributed by atoms with Crippen LogP contribution in [-0.2, 0) is 6.42 Å². The molecule has 2 amide bonds. The summed E-state index contributed by atoms with van der Waals surface area (Å²) in [5.74, 6) is -0.0739. The Bertz CT molecular complexity index is 800. The maximum absolute atomic E-state index is 13.1. The van der Waals surface area contributed by atoms with Crippen molar-refractivity contribution in [2.24, 2.45) is 0 Å². The molecule has 0 aromatic heterocycles. The van der Waals surface area contributed by atoms with Gasteiger partial charge in [-0.15, -0.1) is 0 Å². The van der Waals surface area contributed by atoms with Crippen LogP contribution in [0.25, 0.3) is 0 Å². The summed E-state index contributed by atoms with van der Waals surface area (Å²) >= 11 is 0. The number of carbonyl (C=O) groups is 2. The first-order valence-electron chi connectivity index (χ1n) is 9.37. The van der Waals surface area contributed by atoms with E-state index in [0.29, 0.717) is 17.7 Å². The van der Waals surface area contributed by atoms with Crippen molar-refractivity contribution in [1.82, 2.24) is 4.90 Å². The van der Waals surface area contributed by atoms with Gasteiger partial charge in [-0.2, -0.15) is 0 Å². The van der Waals surface area contributed by atoms with Gasteiger partial charge < -0.3 is 9.80 Å². The molecule has 3 rings (SSSR count). The van der Waals surface area contributed by atoms with Crippen LogP contribution >= 0.6 is 0 Å². The molecule has 0 aliphatic carbocycles. The van der Waals surface area contributed by atoms with Crippen molar-refractivity contribution < 1.29 is 9.59 Å². The summed E-state index contributed by atoms with van der Waals surface area (Å²) in [6, 6.07) is 15.2. The van der Waals surface area contributed by atoms with Gasteiger partial charge in [-0.25, -0.2) is 0 Å². The van der Waals surface area contributed by atoms with Crippen LogP contribution in [0.5, 0.6) is 0 Å². The van der Waals surface area contributed by atoms with E-state index in [4.69, 9.17) is 0 Å². The van der Waals surface area contributed by atoms with Crippen LogP contribution in [0, 0.1) is 0 Å². The second kappa shape index (κ2) is 8.17. The van der Waals surface area contributed by atoms with E-state index in [1.165, 1.54) is 5.56 Å². The van der Waals surface area contributed by atoms with Gasteiger partial charge in [0.25, 0.3) is 11.8 Å². The number of nitrogens with zero attached hydrogens (tertiary/aromatic N) is 2. The molecule has 0 unspecified atom stereocenters. The minimum atomic E-state index is -0.0389. The fraction of sp³-hybridized carbons (Fsp3) is 0.364. The smallest absolute Gasteiger partial charge is 0.258 e. The van der Waals surface area contributed by atoms with Crippen LogP contribution in [-0.4, -0.2) is 36.9 Å². The summed E-state index contributed by atoms with van der Waals surface area (Å²) in [6.45, 7) is 3.55. The van der Waals surface area contributed by atoms with E-state index in [9.17, 15) is 9.59 Å². The predicted molar refractivity (Wildman–Crippen MR) is 105 cm³/mol. The molecule has 0 fully saturated rings. The molecule has 0 bridgehead atoms. The van der Waals surface area contributed by atoms with Crippen LogP contribution in [0.2, 0.25) is 0 Å². The normalized spacial score (nSPS) is 13.2. The first-order valence-corrected chi connectivity index (χ1v) is 9.37. The average Bonchev–Trinajstić information content (AvgIpc) is 2.70. The highest BCUT2D eigenvalue weighted by Gasteiger charge is 2.24. The van der Waals surface area contributed by atoms with Gasteiger partial charge in [-0.3, -0.25) is 9.59 Å². The molecule has 136 valence electrons. The zero-order chi connectivity index (χ0) is 18.5. The molecule has 0 N–H and O–H groups in total. The molecule has 0 atom stereocenters. The molecule has 0 saturated carbocycles. The molecular weight excluding hydrogens is 324 g/mol. The van der Waals surface area contributed by atoms with E-state index < -0.39 is 0 Å². The second-order valence-electron chi connectivity index (χ2n) is 6.85. The van der Waals surface area contributed by atoms with Gasteiger partial charge in [-0.1, -0.05) is 37.6 Å². The van der Waals surface area contributed by atoms with Gasteiger partial charge in [0.05, 0.1) is 0 Å². The molecule has 1 aliphatic rings. The quantitative estimate of drug-likeness (QED) is 0.813. The minimum Gasteiger partial charge on any atom is -0.342 e. The monoisotopic (exact) mass is 350 g/mol. The molecule has 0 radical (unpaired) electrons. The Morgan fingerprint density at radius 3 is 2.65 bits per heavy atom. The SMILES string of the molecule is CCCCN(C)C(=O)c1cccc(C(=O)N2CCCc3ccccc32)c1. The Balaban J connectivity index is 1.82. The van der Waals surface area contributed by atoms with Crippen molar-refractivity contribution in [3.8, 4) is 0 Å². The van der Waals surface area contributed by atoms with Gasteiger partial charge in [0.2, 0.25) is 0 Å². The first kappa shape index (κ1) is 18.2. The summed E-state index contributed by atoms with van der Waals surface area (Å²) in [6.07, 6.45) is 3.98. The van der Waals surface area contributed by atoms with Crippen molar-refractivity contribution >= 4 is 17.5 Å². The number of rotatable bonds is 5. The summed E-state index contributed by atoms with van der Waals surface area (Å²) in [4.78, 5) is 29.2. The third-order valence-corrected chi connectivity index (χ3v) is 4.91. The lowest BCUT2D eigenvalue weighted by molar-refractivity contribution is 0.0793. The molecule has 1 aliphatic heterocycles. The molecule has 26 heavy (non-hydrogen) atoms. The Morgan fingerprint density at radius 2 is 1.85 bits per heavy atom. The second-order valence-corrected chi connectivity index (χ2v) is 6.85. The van der Waals surface area contributed by atoms with Crippen LogP contribution < -0.4 is 4.90 Å². The highest BCUT2D eigenvalue weighted by molar-refractivity contribution is 6.08. The van der Waals surface area contributed by atoms with Crippen LogP contribution in [0.3, 0.4) is 0 Å². The van der Waals surface area contributed by atoms with Crippen molar-refractivity contribution in [1.29, 1.82) is 0 Å². The molecule has 1 heterocycles. The number of amides is 2. The fourth-order valence-electron chi connectivity index (χ4n) is 3.40. The van der Waals surface area contributed by atoms with Crippen LogP contribution in [0.4, 0.5) is 5.69 Å². The standard InChI is InChI=1S/C22H26N2O2/c1-3-4-14-23(2)21(25)18-10-7-11-19(16-18)22(26)24-15-8-12-17-9-5-6-13-20(17)24/h5-7,9-11,13,16H,3-4,8,12,14-15H2,1-2H3. The number of para-hydroxylation sites is 1. The molecule has 0 spiro atoms. The van der Waals surface area contributed by atoms with Crippen molar-refractivity contribution in [3.63, 3.8) is 0 Å². The van der Waals surface area contributed by atoms with Gasteiger partial charge in [0.1, 0.15) is 0 Å². The maximum Gasteiger partial charge on any atom is 0.258 e. The van der Waals surface area contributed by atoms with E-state index >= 15 is 0 Å². The number of anilines is 1.